The molecule has 0 fully saturated rings. The van der Waals surface area contributed by atoms with Gasteiger partial charge in [0.25, 0.3) is 5.56 Å². The molecule has 4 aromatic rings. The summed E-state index contributed by atoms with van der Waals surface area (Å²) in [6.45, 7) is -0.190. The van der Waals surface area contributed by atoms with Gasteiger partial charge in [-0.05, 0) is 11.6 Å². The average molecular weight is 398 g/mol. The normalized spacial score (nSPS) is 10.7. The van der Waals surface area contributed by atoms with Crippen molar-refractivity contribution in [2.75, 3.05) is 6.61 Å². The molecule has 0 saturated heterocycles. The zero-order chi connectivity index (χ0) is 20.9. The molecule has 148 valence electrons. The van der Waals surface area contributed by atoms with Gasteiger partial charge in [0.2, 0.25) is 0 Å². The summed E-state index contributed by atoms with van der Waals surface area (Å²) in [4.78, 5) is 37.9. The summed E-state index contributed by atoms with van der Waals surface area (Å²) in [5.74, 6) is -1.07. The molecule has 1 heterocycles. The van der Waals surface area contributed by atoms with Crippen molar-refractivity contribution in [1.82, 2.24) is 9.78 Å². The van der Waals surface area contributed by atoms with Gasteiger partial charge in [-0.1, -0.05) is 78.9 Å². The van der Waals surface area contributed by atoms with Crippen LogP contribution in [0.4, 0.5) is 0 Å². The maximum Gasteiger partial charge on any atom is 0.359 e. The number of benzene rings is 3. The van der Waals surface area contributed by atoms with Gasteiger partial charge in [0.15, 0.2) is 18.1 Å². The summed E-state index contributed by atoms with van der Waals surface area (Å²) in [6, 6.07) is 24.7. The third-order valence-corrected chi connectivity index (χ3v) is 4.67. The predicted octanol–water partition coefficient (Wildman–Crippen LogP) is 3.48. The van der Waals surface area contributed by atoms with Crippen LogP contribution in [0.25, 0.3) is 10.8 Å². The molecule has 0 aliphatic heterocycles. The van der Waals surface area contributed by atoms with E-state index in [1.807, 2.05) is 30.3 Å². The minimum absolute atomic E-state index is 0.00185. The Morgan fingerprint density at radius 3 is 2.10 bits per heavy atom. The highest BCUT2D eigenvalue weighted by Crippen LogP contribution is 2.15. The predicted molar refractivity (Wildman–Crippen MR) is 113 cm³/mol. The smallest absolute Gasteiger partial charge is 0.359 e. The summed E-state index contributed by atoms with van der Waals surface area (Å²) in [5.41, 5.74) is 1.03. The standard InChI is InChI=1S/C24H18N2O4/c27-21(18-11-5-2-6-12-18)16-30-24(29)22-19-13-7-8-14-20(19)23(28)26(25-22)15-17-9-3-1-4-10-17/h1-14H,15-16H2. The molecule has 0 bridgehead atoms. The molecule has 6 heteroatoms. The number of ketones is 1. The fraction of sp³-hybridized carbons (Fsp3) is 0.0833. The molecular weight excluding hydrogens is 380 g/mol. The molecule has 1 aromatic heterocycles. The van der Waals surface area contributed by atoms with E-state index in [0.29, 0.717) is 16.3 Å². The van der Waals surface area contributed by atoms with Crippen molar-refractivity contribution in [1.29, 1.82) is 0 Å². The molecule has 0 N–H and O–H groups in total. The zero-order valence-electron chi connectivity index (χ0n) is 16.0. The van der Waals surface area contributed by atoms with Gasteiger partial charge < -0.3 is 4.74 Å². The van der Waals surface area contributed by atoms with Crippen molar-refractivity contribution in [3.63, 3.8) is 0 Å². The molecule has 0 radical (unpaired) electrons. The number of Topliss-reactive ketones (excluding diaryl/α,β-unsaturated/α-hetero) is 1. The van der Waals surface area contributed by atoms with Crippen LogP contribution >= 0.6 is 0 Å². The van der Waals surface area contributed by atoms with Crippen molar-refractivity contribution in [2.45, 2.75) is 6.54 Å². The van der Waals surface area contributed by atoms with Crippen LogP contribution in [-0.4, -0.2) is 28.1 Å². The fourth-order valence-electron chi connectivity index (χ4n) is 3.16. The lowest BCUT2D eigenvalue weighted by Crippen LogP contribution is -2.27. The number of rotatable bonds is 6. The van der Waals surface area contributed by atoms with Crippen molar-refractivity contribution in [3.05, 3.63) is 112 Å². The Morgan fingerprint density at radius 2 is 1.40 bits per heavy atom. The van der Waals surface area contributed by atoms with Gasteiger partial charge >= 0.3 is 5.97 Å². The van der Waals surface area contributed by atoms with E-state index in [9.17, 15) is 14.4 Å². The maximum absolute atomic E-state index is 12.9. The molecule has 0 atom stereocenters. The molecule has 30 heavy (non-hydrogen) atoms. The highest BCUT2D eigenvalue weighted by molar-refractivity contribution is 6.04. The Labute approximate surface area is 172 Å². The summed E-state index contributed by atoms with van der Waals surface area (Å²) in [6.07, 6.45) is 0. The van der Waals surface area contributed by atoms with E-state index in [2.05, 4.69) is 5.10 Å². The zero-order valence-corrected chi connectivity index (χ0v) is 16.0. The lowest BCUT2D eigenvalue weighted by molar-refractivity contribution is 0.0468. The summed E-state index contributed by atoms with van der Waals surface area (Å²) < 4.78 is 6.47. The monoisotopic (exact) mass is 398 g/mol. The van der Waals surface area contributed by atoms with Crippen LogP contribution in [0.15, 0.2) is 89.7 Å². The summed E-state index contributed by atoms with van der Waals surface area (Å²) in [7, 11) is 0. The first kappa shape index (κ1) is 19.3. The van der Waals surface area contributed by atoms with E-state index >= 15 is 0 Å². The number of aromatic nitrogens is 2. The van der Waals surface area contributed by atoms with Crippen LogP contribution in [-0.2, 0) is 11.3 Å². The first-order chi connectivity index (χ1) is 14.6. The first-order valence-electron chi connectivity index (χ1n) is 9.42. The molecule has 0 aliphatic rings. The minimum atomic E-state index is -0.753. The SMILES string of the molecule is O=C(COC(=O)c1nn(Cc2ccccc2)c(=O)c2ccccc12)c1ccccc1. The quantitative estimate of drug-likeness (QED) is 0.367. The lowest BCUT2D eigenvalue weighted by Gasteiger charge is -2.11. The third-order valence-electron chi connectivity index (χ3n) is 4.67. The largest absolute Gasteiger partial charge is 0.452 e. The van der Waals surface area contributed by atoms with Gasteiger partial charge in [0, 0.05) is 10.9 Å². The van der Waals surface area contributed by atoms with E-state index in [4.69, 9.17) is 4.74 Å². The van der Waals surface area contributed by atoms with Gasteiger partial charge in [-0.2, -0.15) is 5.10 Å². The van der Waals surface area contributed by atoms with Gasteiger partial charge in [0.1, 0.15) is 0 Å². The average Bonchev–Trinajstić information content (AvgIpc) is 2.80. The second kappa shape index (κ2) is 8.53. The van der Waals surface area contributed by atoms with Crippen molar-refractivity contribution in [2.24, 2.45) is 0 Å². The van der Waals surface area contributed by atoms with Crippen molar-refractivity contribution >= 4 is 22.5 Å². The van der Waals surface area contributed by atoms with E-state index in [1.54, 1.807) is 54.6 Å². The fourth-order valence-corrected chi connectivity index (χ4v) is 3.16. The topological polar surface area (TPSA) is 78.3 Å². The molecule has 4 rings (SSSR count). The molecular formula is C24H18N2O4. The van der Waals surface area contributed by atoms with E-state index in [1.165, 1.54) is 4.68 Å². The Balaban J connectivity index is 1.65. The number of ether oxygens (including phenoxy) is 1. The molecule has 0 amide bonds. The summed E-state index contributed by atoms with van der Waals surface area (Å²) >= 11 is 0. The molecule has 0 aliphatic carbocycles. The lowest BCUT2D eigenvalue weighted by atomic mass is 10.1. The minimum Gasteiger partial charge on any atom is -0.452 e. The van der Waals surface area contributed by atoms with Crippen molar-refractivity contribution in [3.8, 4) is 0 Å². The van der Waals surface area contributed by atoms with Crippen molar-refractivity contribution < 1.29 is 14.3 Å². The van der Waals surface area contributed by atoms with Crippen LogP contribution in [0, 0.1) is 0 Å². The van der Waals surface area contributed by atoms with Crippen LogP contribution < -0.4 is 5.56 Å². The Morgan fingerprint density at radius 1 is 0.800 bits per heavy atom. The molecule has 0 saturated carbocycles. The van der Waals surface area contributed by atoms with Crippen LogP contribution in [0.3, 0.4) is 0 Å². The van der Waals surface area contributed by atoms with E-state index in [-0.39, 0.29) is 23.6 Å². The van der Waals surface area contributed by atoms with E-state index in [0.717, 1.165) is 5.56 Å². The van der Waals surface area contributed by atoms with E-state index < -0.39 is 12.6 Å². The third kappa shape index (κ3) is 4.03. The molecule has 0 unspecified atom stereocenters. The second-order valence-electron chi connectivity index (χ2n) is 6.71. The number of carbonyl (C=O) groups excluding carboxylic acids is 2. The van der Waals surface area contributed by atoms with Gasteiger partial charge in [-0.15, -0.1) is 0 Å². The number of nitrogens with zero attached hydrogens (tertiary/aromatic N) is 2. The first-order valence-corrected chi connectivity index (χ1v) is 9.42. The number of hydrogen-bond acceptors (Lipinski definition) is 5. The Kier molecular flexibility index (Phi) is 5.48. The van der Waals surface area contributed by atoms with Crippen LogP contribution in [0.2, 0.25) is 0 Å². The molecule has 3 aromatic carbocycles. The number of esters is 1. The highest BCUT2D eigenvalue weighted by atomic mass is 16.5. The second-order valence-corrected chi connectivity index (χ2v) is 6.71. The van der Waals surface area contributed by atoms with Crippen LogP contribution in [0.5, 0.6) is 0 Å². The Hall–Kier alpha value is -4.06. The number of carbonyl (C=O) groups is 2. The van der Waals surface area contributed by atoms with Gasteiger partial charge in [-0.3, -0.25) is 9.59 Å². The number of fused-ring (bicyclic) bond motifs is 1. The highest BCUT2D eigenvalue weighted by Gasteiger charge is 2.19. The number of hydrogen-bond donors (Lipinski definition) is 0. The Bertz CT molecular complexity index is 1260. The molecule has 6 nitrogen and oxygen atoms in total. The van der Waals surface area contributed by atoms with Gasteiger partial charge in [0.05, 0.1) is 11.9 Å². The maximum atomic E-state index is 12.9. The molecule has 0 spiro atoms. The summed E-state index contributed by atoms with van der Waals surface area (Å²) in [5, 5.41) is 5.02. The van der Waals surface area contributed by atoms with Gasteiger partial charge in [-0.25, -0.2) is 9.48 Å². The van der Waals surface area contributed by atoms with Crippen LogP contribution in [0.1, 0.15) is 26.4 Å².